The van der Waals surface area contributed by atoms with Gasteiger partial charge in [-0.15, -0.1) is 10.2 Å². The Morgan fingerprint density at radius 1 is 1.45 bits per heavy atom. The van der Waals surface area contributed by atoms with Gasteiger partial charge in [-0.05, 0) is 18.8 Å². The smallest absolute Gasteiger partial charge is 0.321 e. The predicted octanol–water partition coefficient (Wildman–Crippen LogP) is 1.05. The first-order valence-corrected chi connectivity index (χ1v) is 9.20. The number of carbonyl (C=O) groups excluding carboxylic acids is 1. The monoisotopic (exact) mass is 318 g/mol. The molecule has 1 aliphatic heterocycles. The van der Waals surface area contributed by atoms with Crippen LogP contribution in [-0.4, -0.2) is 42.7 Å². The normalized spacial score (nSPS) is 20.8. The molecule has 1 fully saturated rings. The summed E-state index contributed by atoms with van der Waals surface area (Å²) in [5.41, 5.74) is 0. The summed E-state index contributed by atoms with van der Waals surface area (Å²) in [5, 5.41) is 14.5. The molecule has 2 amide bonds. The van der Waals surface area contributed by atoms with Crippen molar-refractivity contribution >= 4 is 32.3 Å². The van der Waals surface area contributed by atoms with Crippen molar-refractivity contribution in [3.8, 4) is 0 Å². The maximum atomic E-state index is 11.7. The highest BCUT2D eigenvalue weighted by Gasteiger charge is 2.27. The zero-order chi connectivity index (χ0) is 14.6. The van der Waals surface area contributed by atoms with E-state index in [1.165, 1.54) is 11.3 Å². The van der Waals surface area contributed by atoms with Crippen molar-refractivity contribution in [2.24, 2.45) is 5.92 Å². The molecule has 0 aromatic carbocycles. The van der Waals surface area contributed by atoms with Gasteiger partial charge in [-0.3, -0.25) is 5.32 Å². The van der Waals surface area contributed by atoms with Crippen LogP contribution >= 0.6 is 11.3 Å². The number of hydrogen-bond acceptors (Lipinski definition) is 6. The van der Waals surface area contributed by atoms with Gasteiger partial charge in [-0.25, -0.2) is 13.2 Å². The number of rotatable bonds is 5. The third kappa shape index (κ3) is 4.41. The summed E-state index contributed by atoms with van der Waals surface area (Å²) in [6.07, 6.45) is 2.44. The van der Waals surface area contributed by atoms with Crippen LogP contribution in [0.2, 0.25) is 0 Å². The van der Waals surface area contributed by atoms with Gasteiger partial charge in [0.05, 0.1) is 11.5 Å². The molecule has 7 nitrogen and oxygen atoms in total. The lowest BCUT2D eigenvalue weighted by molar-refractivity contribution is 0.250. The van der Waals surface area contributed by atoms with Gasteiger partial charge in [-0.1, -0.05) is 18.3 Å². The molecule has 9 heteroatoms. The van der Waals surface area contributed by atoms with Crippen molar-refractivity contribution in [1.29, 1.82) is 0 Å². The minimum Gasteiger partial charge on any atom is -0.337 e. The van der Waals surface area contributed by atoms with Gasteiger partial charge in [0.25, 0.3) is 0 Å². The number of sulfone groups is 1. The fourth-order valence-corrected chi connectivity index (χ4v) is 4.73. The lowest BCUT2D eigenvalue weighted by Gasteiger charge is -2.09. The standard InChI is InChI=1S/C11H18N4O3S2/c1-2-3-9-14-15-11(19-9)13-10(16)12-6-8-4-5-20(17,18)7-8/h8H,2-7H2,1H3,(H2,12,13,15,16)/t8-/m0/s1. The Morgan fingerprint density at radius 2 is 2.25 bits per heavy atom. The molecule has 1 atom stereocenters. The lowest BCUT2D eigenvalue weighted by atomic mass is 10.1. The Labute approximate surface area is 122 Å². The number of carbonyl (C=O) groups is 1. The van der Waals surface area contributed by atoms with E-state index >= 15 is 0 Å². The number of nitrogens with one attached hydrogen (secondary N) is 2. The predicted molar refractivity (Wildman–Crippen MR) is 77.7 cm³/mol. The minimum absolute atomic E-state index is 0.0100. The second kappa shape index (κ2) is 6.49. The fourth-order valence-electron chi connectivity index (χ4n) is 2.03. The number of amides is 2. The van der Waals surface area contributed by atoms with Crippen molar-refractivity contribution in [2.45, 2.75) is 26.2 Å². The second-order valence-corrected chi connectivity index (χ2v) is 8.15. The number of anilines is 1. The van der Waals surface area contributed by atoms with Crippen LogP contribution in [0, 0.1) is 5.92 Å². The Hall–Kier alpha value is -1.22. The van der Waals surface area contributed by atoms with Gasteiger partial charge in [0.1, 0.15) is 5.01 Å². The van der Waals surface area contributed by atoms with Crippen LogP contribution in [0.25, 0.3) is 0 Å². The van der Waals surface area contributed by atoms with Crippen molar-refractivity contribution in [1.82, 2.24) is 15.5 Å². The molecule has 0 saturated carbocycles. The van der Waals surface area contributed by atoms with Crippen molar-refractivity contribution in [3.63, 3.8) is 0 Å². The molecule has 1 aliphatic rings. The third-order valence-electron chi connectivity index (χ3n) is 3.03. The average molecular weight is 318 g/mol. The molecular weight excluding hydrogens is 300 g/mol. The second-order valence-electron chi connectivity index (χ2n) is 4.86. The summed E-state index contributed by atoms with van der Waals surface area (Å²) in [6, 6.07) is -0.367. The molecule has 0 radical (unpaired) electrons. The molecule has 0 spiro atoms. The first-order valence-electron chi connectivity index (χ1n) is 6.56. The van der Waals surface area contributed by atoms with Gasteiger partial charge < -0.3 is 5.32 Å². The Morgan fingerprint density at radius 3 is 2.90 bits per heavy atom. The third-order valence-corrected chi connectivity index (χ3v) is 5.76. The molecule has 2 heterocycles. The van der Waals surface area contributed by atoms with Crippen LogP contribution in [0.4, 0.5) is 9.93 Å². The zero-order valence-electron chi connectivity index (χ0n) is 11.3. The van der Waals surface area contributed by atoms with E-state index in [4.69, 9.17) is 0 Å². The molecule has 112 valence electrons. The van der Waals surface area contributed by atoms with Crippen LogP contribution in [0.5, 0.6) is 0 Å². The summed E-state index contributed by atoms with van der Waals surface area (Å²) >= 11 is 1.35. The fraction of sp³-hybridized carbons (Fsp3) is 0.727. The topological polar surface area (TPSA) is 101 Å². The van der Waals surface area contributed by atoms with E-state index in [1.807, 2.05) is 0 Å². The van der Waals surface area contributed by atoms with E-state index in [0.717, 1.165) is 17.8 Å². The summed E-state index contributed by atoms with van der Waals surface area (Å²) in [7, 11) is -2.90. The van der Waals surface area contributed by atoms with Gasteiger partial charge in [0.2, 0.25) is 5.13 Å². The number of aromatic nitrogens is 2. The Bertz CT molecular complexity index is 570. The largest absolute Gasteiger partial charge is 0.337 e. The van der Waals surface area contributed by atoms with Crippen LogP contribution in [-0.2, 0) is 16.3 Å². The van der Waals surface area contributed by atoms with Gasteiger partial charge >= 0.3 is 6.03 Å². The summed E-state index contributed by atoms with van der Waals surface area (Å²) < 4.78 is 22.6. The molecule has 0 bridgehead atoms. The van der Waals surface area contributed by atoms with Crippen molar-refractivity contribution in [3.05, 3.63) is 5.01 Å². The Balaban J connectivity index is 1.75. The summed E-state index contributed by atoms with van der Waals surface area (Å²) in [4.78, 5) is 11.7. The van der Waals surface area contributed by atoms with Crippen molar-refractivity contribution < 1.29 is 13.2 Å². The van der Waals surface area contributed by atoms with E-state index in [0.29, 0.717) is 18.1 Å². The highest BCUT2D eigenvalue weighted by Crippen LogP contribution is 2.18. The maximum Gasteiger partial charge on any atom is 0.321 e. The number of nitrogens with zero attached hydrogens (tertiary/aromatic N) is 2. The molecule has 1 saturated heterocycles. The molecular formula is C11H18N4O3S2. The van der Waals surface area contributed by atoms with E-state index in [2.05, 4.69) is 27.8 Å². The minimum atomic E-state index is -2.90. The first-order chi connectivity index (χ1) is 9.48. The van der Waals surface area contributed by atoms with Crippen molar-refractivity contribution in [2.75, 3.05) is 23.4 Å². The van der Waals surface area contributed by atoms with Gasteiger partial charge in [0, 0.05) is 13.0 Å². The molecule has 0 unspecified atom stereocenters. The SMILES string of the molecule is CCCc1nnc(NC(=O)NC[C@@H]2CCS(=O)(=O)C2)s1. The zero-order valence-corrected chi connectivity index (χ0v) is 12.9. The number of aryl methyl sites for hydroxylation is 1. The highest BCUT2D eigenvalue weighted by molar-refractivity contribution is 7.91. The van der Waals surface area contributed by atoms with Gasteiger partial charge in [-0.2, -0.15) is 0 Å². The quantitative estimate of drug-likeness (QED) is 0.845. The van der Waals surface area contributed by atoms with Crippen LogP contribution < -0.4 is 10.6 Å². The molecule has 2 rings (SSSR count). The van der Waals surface area contributed by atoms with E-state index in [-0.39, 0.29) is 23.5 Å². The highest BCUT2D eigenvalue weighted by atomic mass is 32.2. The maximum absolute atomic E-state index is 11.7. The van der Waals surface area contributed by atoms with Crippen LogP contribution in [0.3, 0.4) is 0 Å². The summed E-state index contributed by atoms with van der Waals surface area (Å²) in [5.74, 6) is 0.389. The molecule has 20 heavy (non-hydrogen) atoms. The first kappa shape index (κ1) is 15.2. The molecule has 1 aromatic heterocycles. The number of hydrogen-bond donors (Lipinski definition) is 2. The van der Waals surface area contributed by atoms with E-state index < -0.39 is 9.84 Å². The molecule has 1 aromatic rings. The number of urea groups is 1. The Kier molecular flexibility index (Phi) is 4.92. The van der Waals surface area contributed by atoms with E-state index in [1.54, 1.807) is 0 Å². The lowest BCUT2D eigenvalue weighted by Crippen LogP contribution is -2.33. The molecule has 0 aliphatic carbocycles. The average Bonchev–Trinajstić information content (AvgIpc) is 2.94. The van der Waals surface area contributed by atoms with Gasteiger partial charge in [0.15, 0.2) is 9.84 Å². The van der Waals surface area contributed by atoms with Crippen LogP contribution in [0.1, 0.15) is 24.8 Å². The molecule has 2 N–H and O–H groups in total. The van der Waals surface area contributed by atoms with E-state index in [9.17, 15) is 13.2 Å². The van der Waals surface area contributed by atoms with Crippen LogP contribution in [0.15, 0.2) is 0 Å². The summed E-state index contributed by atoms with van der Waals surface area (Å²) in [6.45, 7) is 2.42.